The lowest BCUT2D eigenvalue weighted by Gasteiger charge is -2.40. The summed E-state index contributed by atoms with van der Waals surface area (Å²) >= 11 is 0. The Bertz CT molecular complexity index is 722. The highest BCUT2D eigenvalue weighted by molar-refractivity contribution is 7.89. The van der Waals surface area contributed by atoms with Gasteiger partial charge in [-0.15, -0.1) is 0 Å². The van der Waals surface area contributed by atoms with Crippen LogP contribution < -0.4 is 0 Å². The summed E-state index contributed by atoms with van der Waals surface area (Å²) in [5, 5.41) is 0. The molecule has 1 amide bonds. The van der Waals surface area contributed by atoms with Crippen LogP contribution in [0.5, 0.6) is 0 Å². The molecular weight excluding hydrogens is 352 g/mol. The fourth-order valence-electron chi connectivity index (χ4n) is 3.82. The average Bonchev–Trinajstić information content (AvgIpc) is 2.67. The molecule has 0 bridgehead atoms. The maximum atomic E-state index is 13.1. The van der Waals surface area contributed by atoms with Gasteiger partial charge in [0, 0.05) is 19.6 Å². The summed E-state index contributed by atoms with van der Waals surface area (Å²) in [5.41, 5.74) is 1.07. The van der Waals surface area contributed by atoms with E-state index < -0.39 is 10.0 Å². The van der Waals surface area contributed by atoms with Crippen LogP contribution in [0.15, 0.2) is 30.3 Å². The molecule has 3 atom stereocenters. The standard InChI is InChI=1S/C19H28N2O4S/c1-3-26(23,24)21-11-7-10-17(13-21)19(22)20-12-15(2)25-18(14-20)16-8-5-4-6-9-16/h4-6,8-9,15,17-18H,3,7,10-14H2,1-2H3. The summed E-state index contributed by atoms with van der Waals surface area (Å²) in [5.74, 6) is -0.123. The largest absolute Gasteiger partial charge is 0.367 e. The van der Waals surface area contributed by atoms with Gasteiger partial charge in [0.05, 0.1) is 24.3 Å². The third kappa shape index (κ3) is 4.27. The third-order valence-electron chi connectivity index (χ3n) is 5.23. The van der Waals surface area contributed by atoms with Crippen LogP contribution in [-0.4, -0.2) is 61.6 Å². The van der Waals surface area contributed by atoms with Gasteiger partial charge in [0.25, 0.3) is 0 Å². The molecular formula is C19H28N2O4S. The molecule has 2 saturated heterocycles. The van der Waals surface area contributed by atoms with Gasteiger partial charge < -0.3 is 9.64 Å². The molecule has 3 unspecified atom stereocenters. The Labute approximate surface area is 156 Å². The minimum absolute atomic E-state index is 0.0445. The lowest BCUT2D eigenvalue weighted by molar-refractivity contribution is -0.150. The van der Waals surface area contributed by atoms with Crippen molar-refractivity contribution in [2.75, 3.05) is 31.9 Å². The van der Waals surface area contributed by atoms with Crippen molar-refractivity contribution >= 4 is 15.9 Å². The summed E-state index contributed by atoms with van der Waals surface area (Å²) < 4.78 is 31.9. The molecule has 2 fully saturated rings. The number of benzene rings is 1. The number of carbonyl (C=O) groups is 1. The van der Waals surface area contributed by atoms with E-state index in [0.717, 1.165) is 18.4 Å². The molecule has 1 aromatic carbocycles. The SMILES string of the molecule is CCS(=O)(=O)N1CCCC(C(=O)N2CC(C)OC(c3ccccc3)C2)C1. The van der Waals surface area contributed by atoms with E-state index in [1.807, 2.05) is 42.2 Å². The Morgan fingerprint density at radius 3 is 2.62 bits per heavy atom. The second-order valence-corrected chi connectivity index (χ2v) is 9.44. The Morgan fingerprint density at radius 1 is 1.19 bits per heavy atom. The molecule has 0 spiro atoms. The fraction of sp³-hybridized carbons (Fsp3) is 0.632. The molecule has 0 radical (unpaired) electrons. The van der Waals surface area contributed by atoms with Gasteiger partial charge in [-0.3, -0.25) is 4.79 Å². The van der Waals surface area contributed by atoms with Gasteiger partial charge in [0.2, 0.25) is 15.9 Å². The molecule has 2 aliphatic rings. The van der Waals surface area contributed by atoms with E-state index in [-0.39, 0.29) is 29.8 Å². The first-order chi connectivity index (χ1) is 12.4. The fourth-order valence-corrected chi connectivity index (χ4v) is 5.00. The first kappa shape index (κ1) is 19.3. The molecule has 6 nitrogen and oxygen atoms in total. The van der Waals surface area contributed by atoms with Gasteiger partial charge in [-0.2, -0.15) is 0 Å². The Balaban J connectivity index is 1.70. The molecule has 0 aromatic heterocycles. The summed E-state index contributed by atoms with van der Waals surface area (Å²) in [7, 11) is -3.25. The topological polar surface area (TPSA) is 66.9 Å². The van der Waals surface area contributed by atoms with Gasteiger partial charge in [0.1, 0.15) is 6.10 Å². The summed E-state index contributed by atoms with van der Waals surface area (Å²) in [6.45, 7) is 5.52. The van der Waals surface area contributed by atoms with Crippen LogP contribution in [0, 0.1) is 5.92 Å². The molecule has 144 valence electrons. The van der Waals surface area contributed by atoms with E-state index in [1.165, 1.54) is 4.31 Å². The average molecular weight is 381 g/mol. The minimum atomic E-state index is -3.25. The van der Waals surface area contributed by atoms with Crippen molar-refractivity contribution in [3.63, 3.8) is 0 Å². The van der Waals surface area contributed by atoms with Gasteiger partial charge in [-0.25, -0.2) is 12.7 Å². The number of carbonyl (C=O) groups excluding carboxylic acids is 1. The number of hydrogen-bond donors (Lipinski definition) is 0. The monoisotopic (exact) mass is 380 g/mol. The van der Waals surface area contributed by atoms with E-state index in [2.05, 4.69) is 0 Å². The minimum Gasteiger partial charge on any atom is -0.367 e. The highest BCUT2D eigenvalue weighted by Crippen LogP contribution is 2.28. The quantitative estimate of drug-likeness (QED) is 0.802. The summed E-state index contributed by atoms with van der Waals surface area (Å²) in [6.07, 6.45) is 1.30. The molecule has 26 heavy (non-hydrogen) atoms. The van der Waals surface area contributed by atoms with Gasteiger partial charge in [0.15, 0.2) is 0 Å². The lowest BCUT2D eigenvalue weighted by Crippen LogP contribution is -2.51. The van der Waals surface area contributed by atoms with Gasteiger partial charge in [-0.05, 0) is 32.3 Å². The first-order valence-corrected chi connectivity index (χ1v) is 11.0. The number of nitrogens with zero attached hydrogens (tertiary/aromatic N) is 2. The molecule has 3 rings (SSSR count). The van der Waals surface area contributed by atoms with Crippen LogP contribution in [0.2, 0.25) is 0 Å². The number of piperidine rings is 1. The number of hydrogen-bond acceptors (Lipinski definition) is 4. The van der Waals surface area contributed by atoms with Crippen LogP contribution in [0.1, 0.15) is 38.4 Å². The first-order valence-electron chi connectivity index (χ1n) is 9.37. The second-order valence-electron chi connectivity index (χ2n) is 7.19. The molecule has 0 saturated carbocycles. The highest BCUT2D eigenvalue weighted by atomic mass is 32.2. The van der Waals surface area contributed by atoms with Crippen LogP contribution in [-0.2, 0) is 19.6 Å². The van der Waals surface area contributed by atoms with Crippen molar-refractivity contribution in [3.8, 4) is 0 Å². The third-order valence-corrected chi connectivity index (χ3v) is 7.08. The van der Waals surface area contributed by atoms with Crippen molar-refractivity contribution in [2.45, 2.75) is 38.9 Å². The second kappa shape index (κ2) is 8.06. The van der Waals surface area contributed by atoms with E-state index in [4.69, 9.17) is 4.74 Å². The maximum absolute atomic E-state index is 13.1. The smallest absolute Gasteiger partial charge is 0.227 e. The maximum Gasteiger partial charge on any atom is 0.227 e. The molecule has 0 aliphatic carbocycles. The number of amides is 1. The van der Waals surface area contributed by atoms with Crippen molar-refractivity contribution in [2.24, 2.45) is 5.92 Å². The van der Waals surface area contributed by atoms with Gasteiger partial charge >= 0.3 is 0 Å². The van der Waals surface area contributed by atoms with Crippen LogP contribution in [0.4, 0.5) is 0 Å². The Morgan fingerprint density at radius 2 is 1.92 bits per heavy atom. The van der Waals surface area contributed by atoms with Crippen LogP contribution in [0.3, 0.4) is 0 Å². The van der Waals surface area contributed by atoms with E-state index in [1.54, 1.807) is 6.92 Å². The predicted molar refractivity (Wildman–Crippen MR) is 100 cm³/mol. The molecule has 1 aromatic rings. The molecule has 7 heteroatoms. The zero-order valence-corrected chi connectivity index (χ0v) is 16.3. The molecule has 0 N–H and O–H groups in total. The van der Waals surface area contributed by atoms with E-state index in [0.29, 0.717) is 26.2 Å². The van der Waals surface area contributed by atoms with Crippen molar-refractivity contribution in [1.29, 1.82) is 0 Å². The number of morpholine rings is 1. The zero-order chi connectivity index (χ0) is 18.7. The molecule has 2 aliphatic heterocycles. The highest BCUT2D eigenvalue weighted by Gasteiger charge is 2.36. The predicted octanol–water partition coefficient (Wildman–Crippen LogP) is 2.04. The van der Waals surface area contributed by atoms with Crippen LogP contribution in [0.25, 0.3) is 0 Å². The number of sulfonamides is 1. The van der Waals surface area contributed by atoms with Crippen molar-refractivity contribution in [3.05, 3.63) is 35.9 Å². The van der Waals surface area contributed by atoms with E-state index in [9.17, 15) is 13.2 Å². The van der Waals surface area contributed by atoms with Gasteiger partial charge in [-0.1, -0.05) is 30.3 Å². The van der Waals surface area contributed by atoms with Crippen molar-refractivity contribution < 1.29 is 17.9 Å². The zero-order valence-electron chi connectivity index (χ0n) is 15.5. The summed E-state index contributed by atoms with van der Waals surface area (Å²) in [4.78, 5) is 14.9. The van der Waals surface area contributed by atoms with E-state index >= 15 is 0 Å². The normalized spacial score (nSPS) is 28.1. The number of ether oxygens (including phenoxy) is 1. The van der Waals surface area contributed by atoms with Crippen molar-refractivity contribution in [1.82, 2.24) is 9.21 Å². The molecule has 2 heterocycles. The lowest BCUT2D eigenvalue weighted by atomic mass is 9.97. The Kier molecular flexibility index (Phi) is 5.99. The Hall–Kier alpha value is -1.44. The van der Waals surface area contributed by atoms with Crippen LogP contribution >= 0.6 is 0 Å². The summed E-state index contributed by atoms with van der Waals surface area (Å²) in [6, 6.07) is 9.93. The number of rotatable bonds is 4.